The van der Waals surface area contributed by atoms with E-state index in [2.05, 4.69) is 15.3 Å². The van der Waals surface area contributed by atoms with Gasteiger partial charge in [0.05, 0.1) is 5.69 Å². The van der Waals surface area contributed by atoms with Crippen LogP contribution >= 0.6 is 11.3 Å². The Hall–Kier alpha value is -2.61. The van der Waals surface area contributed by atoms with Gasteiger partial charge in [0.1, 0.15) is 17.3 Å². The summed E-state index contributed by atoms with van der Waals surface area (Å²) < 4.78 is 14.7. The number of aromatic nitrogens is 4. The molecule has 0 atom stereocenters. The monoisotopic (exact) mass is 359 g/mol. The van der Waals surface area contributed by atoms with Crippen LogP contribution in [0.5, 0.6) is 0 Å². The van der Waals surface area contributed by atoms with Crippen molar-refractivity contribution in [1.82, 2.24) is 20.0 Å². The van der Waals surface area contributed by atoms with Gasteiger partial charge in [0, 0.05) is 23.9 Å². The maximum absolute atomic E-state index is 13.1. The fourth-order valence-corrected chi connectivity index (χ4v) is 3.23. The van der Waals surface area contributed by atoms with Crippen LogP contribution in [-0.4, -0.2) is 32.9 Å². The number of hydrogen-bond donors (Lipinski definition) is 0. The quantitative estimate of drug-likeness (QED) is 0.716. The molecule has 0 aliphatic rings. The number of halogens is 1. The van der Waals surface area contributed by atoms with Crippen molar-refractivity contribution in [2.24, 2.45) is 5.92 Å². The zero-order chi connectivity index (χ0) is 18.1. The summed E-state index contributed by atoms with van der Waals surface area (Å²) in [5.74, 6) is 0.181. The van der Waals surface area contributed by atoms with Gasteiger partial charge >= 0.3 is 0 Å². The lowest BCUT2D eigenvalue weighted by molar-refractivity contribution is -0.121. The SMILES string of the molecule is Cc1c(-c2ccc(F)cc2)nnn1-c1nc(N(C)C(=O)C(C)C)cs1. The number of benzene rings is 1. The number of carbonyl (C=O) groups excluding carboxylic acids is 1. The third-order valence-electron chi connectivity index (χ3n) is 3.84. The fraction of sp³-hybridized carbons (Fsp3) is 0.294. The van der Waals surface area contributed by atoms with Gasteiger partial charge in [0.15, 0.2) is 0 Å². The second kappa shape index (κ2) is 6.72. The van der Waals surface area contributed by atoms with Crippen LogP contribution in [0.15, 0.2) is 29.6 Å². The Bertz CT molecular complexity index is 900. The molecule has 25 heavy (non-hydrogen) atoms. The number of anilines is 1. The van der Waals surface area contributed by atoms with Crippen LogP contribution < -0.4 is 4.90 Å². The molecule has 0 saturated heterocycles. The Balaban J connectivity index is 1.91. The van der Waals surface area contributed by atoms with Crippen molar-refractivity contribution < 1.29 is 9.18 Å². The van der Waals surface area contributed by atoms with E-state index in [-0.39, 0.29) is 17.6 Å². The molecule has 6 nitrogen and oxygen atoms in total. The van der Waals surface area contributed by atoms with Crippen LogP contribution in [-0.2, 0) is 4.79 Å². The van der Waals surface area contributed by atoms with E-state index in [1.807, 2.05) is 26.2 Å². The van der Waals surface area contributed by atoms with Crippen LogP contribution in [0, 0.1) is 18.7 Å². The Morgan fingerprint density at radius 1 is 1.28 bits per heavy atom. The van der Waals surface area contributed by atoms with E-state index in [0.717, 1.165) is 11.3 Å². The summed E-state index contributed by atoms with van der Waals surface area (Å²) in [6, 6.07) is 6.11. The minimum absolute atomic E-state index is 0.000775. The van der Waals surface area contributed by atoms with Crippen LogP contribution in [0.1, 0.15) is 19.5 Å². The molecule has 1 aromatic carbocycles. The van der Waals surface area contributed by atoms with Gasteiger partial charge in [-0.2, -0.15) is 4.68 Å². The predicted molar refractivity (Wildman–Crippen MR) is 95.4 cm³/mol. The highest BCUT2D eigenvalue weighted by atomic mass is 32.1. The Morgan fingerprint density at radius 2 is 1.96 bits per heavy atom. The molecule has 3 aromatic rings. The van der Waals surface area contributed by atoms with Gasteiger partial charge in [0.25, 0.3) is 0 Å². The van der Waals surface area contributed by atoms with E-state index < -0.39 is 0 Å². The lowest BCUT2D eigenvalue weighted by Gasteiger charge is -2.16. The molecule has 0 aliphatic heterocycles. The van der Waals surface area contributed by atoms with Crippen molar-refractivity contribution in [3.8, 4) is 16.4 Å². The molecule has 0 aliphatic carbocycles. The summed E-state index contributed by atoms with van der Waals surface area (Å²) in [5, 5.41) is 10.8. The van der Waals surface area contributed by atoms with Crippen LogP contribution in [0.25, 0.3) is 16.4 Å². The van der Waals surface area contributed by atoms with Crippen molar-refractivity contribution >= 4 is 23.1 Å². The highest BCUT2D eigenvalue weighted by Gasteiger charge is 2.19. The van der Waals surface area contributed by atoms with E-state index in [1.54, 1.807) is 23.9 Å². The summed E-state index contributed by atoms with van der Waals surface area (Å²) >= 11 is 1.38. The molecule has 0 radical (unpaired) electrons. The smallest absolute Gasteiger partial charge is 0.230 e. The van der Waals surface area contributed by atoms with Crippen LogP contribution in [0.2, 0.25) is 0 Å². The van der Waals surface area contributed by atoms with E-state index >= 15 is 0 Å². The van der Waals surface area contributed by atoms with Crippen molar-refractivity contribution in [1.29, 1.82) is 0 Å². The second-order valence-corrected chi connectivity index (χ2v) is 6.82. The summed E-state index contributed by atoms with van der Waals surface area (Å²) in [6.45, 7) is 5.58. The first-order chi connectivity index (χ1) is 11.9. The van der Waals surface area contributed by atoms with Crippen molar-refractivity contribution in [3.63, 3.8) is 0 Å². The lowest BCUT2D eigenvalue weighted by Crippen LogP contribution is -2.30. The lowest BCUT2D eigenvalue weighted by atomic mass is 10.1. The molecule has 3 rings (SSSR count). The largest absolute Gasteiger partial charge is 0.299 e. The molecule has 2 heterocycles. The van der Waals surface area contributed by atoms with E-state index in [1.165, 1.54) is 28.4 Å². The molecule has 0 N–H and O–H groups in total. The highest BCUT2D eigenvalue weighted by molar-refractivity contribution is 7.12. The van der Waals surface area contributed by atoms with E-state index in [9.17, 15) is 9.18 Å². The zero-order valence-electron chi connectivity index (χ0n) is 14.4. The first kappa shape index (κ1) is 17.2. The summed E-state index contributed by atoms with van der Waals surface area (Å²) in [7, 11) is 1.71. The van der Waals surface area contributed by atoms with Crippen LogP contribution in [0.3, 0.4) is 0 Å². The summed E-state index contributed by atoms with van der Waals surface area (Å²) in [4.78, 5) is 18.1. The number of rotatable bonds is 4. The first-order valence-corrected chi connectivity index (χ1v) is 8.68. The normalized spacial score (nSPS) is 11.1. The molecule has 2 aromatic heterocycles. The van der Waals surface area contributed by atoms with Gasteiger partial charge in [-0.25, -0.2) is 9.37 Å². The fourth-order valence-electron chi connectivity index (χ4n) is 2.39. The van der Waals surface area contributed by atoms with Gasteiger partial charge in [-0.15, -0.1) is 16.4 Å². The molecular formula is C17H18FN5OS. The summed E-state index contributed by atoms with van der Waals surface area (Å²) in [6.07, 6.45) is 0. The molecule has 0 saturated carbocycles. The Labute approximate surface area is 148 Å². The Morgan fingerprint density at radius 3 is 2.60 bits per heavy atom. The number of nitrogens with zero attached hydrogens (tertiary/aromatic N) is 5. The van der Waals surface area contributed by atoms with Gasteiger partial charge in [-0.05, 0) is 31.2 Å². The number of carbonyl (C=O) groups is 1. The van der Waals surface area contributed by atoms with E-state index in [4.69, 9.17) is 0 Å². The molecule has 0 spiro atoms. The maximum Gasteiger partial charge on any atom is 0.230 e. The molecule has 130 valence electrons. The average Bonchev–Trinajstić information content (AvgIpc) is 3.21. The van der Waals surface area contributed by atoms with E-state index in [0.29, 0.717) is 16.6 Å². The third-order valence-corrected chi connectivity index (χ3v) is 4.65. The first-order valence-electron chi connectivity index (χ1n) is 7.80. The van der Waals surface area contributed by atoms with Gasteiger partial charge < -0.3 is 0 Å². The van der Waals surface area contributed by atoms with Crippen LogP contribution in [0.4, 0.5) is 10.2 Å². The van der Waals surface area contributed by atoms with Gasteiger partial charge in [-0.3, -0.25) is 9.69 Å². The molecular weight excluding hydrogens is 341 g/mol. The standard InChI is InChI=1S/C17H18FN5OS/c1-10(2)16(24)22(4)14-9-25-17(19-14)23-11(3)15(20-21-23)12-5-7-13(18)8-6-12/h5-10H,1-4H3. The minimum atomic E-state index is -0.295. The Kier molecular flexibility index (Phi) is 4.63. The molecule has 1 amide bonds. The molecule has 8 heteroatoms. The topological polar surface area (TPSA) is 63.9 Å². The minimum Gasteiger partial charge on any atom is -0.299 e. The zero-order valence-corrected chi connectivity index (χ0v) is 15.2. The highest BCUT2D eigenvalue weighted by Crippen LogP contribution is 2.26. The van der Waals surface area contributed by atoms with Gasteiger partial charge in [-0.1, -0.05) is 19.1 Å². The molecule has 0 bridgehead atoms. The average molecular weight is 359 g/mol. The number of thiazole rings is 1. The van der Waals surface area contributed by atoms with Crippen molar-refractivity contribution in [2.45, 2.75) is 20.8 Å². The number of hydrogen-bond acceptors (Lipinski definition) is 5. The third kappa shape index (κ3) is 3.30. The predicted octanol–water partition coefficient (Wildman–Crippen LogP) is 3.46. The number of amides is 1. The van der Waals surface area contributed by atoms with Crippen molar-refractivity contribution in [2.75, 3.05) is 11.9 Å². The maximum atomic E-state index is 13.1. The van der Waals surface area contributed by atoms with Gasteiger partial charge in [0.2, 0.25) is 11.0 Å². The molecule has 0 unspecified atom stereocenters. The summed E-state index contributed by atoms with van der Waals surface area (Å²) in [5.41, 5.74) is 2.25. The van der Waals surface area contributed by atoms with Crippen molar-refractivity contribution in [3.05, 3.63) is 41.2 Å². The molecule has 0 fully saturated rings. The second-order valence-electron chi connectivity index (χ2n) is 5.98.